The monoisotopic (exact) mass is 299 g/mol. The molecule has 2 aliphatic rings. The van der Waals surface area contributed by atoms with Gasteiger partial charge in [-0.2, -0.15) is 5.10 Å². The van der Waals surface area contributed by atoms with Gasteiger partial charge in [-0.05, 0) is 18.6 Å². The van der Waals surface area contributed by atoms with Crippen LogP contribution in [0.2, 0.25) is 0 Å². The molecule has 22 heavy (non-hydrogen) atoms. The Kier molecular flexibility index (Phi) is 2.82. The Labute approximate surface area is 127 Å². The van der Waals surface area contributed by atoms with Crippen LogP contribution in [0.5, 0.6) is 0 Å². The van der Waals surface area contributed by atoms with E-state index >= 15 is 0 Å². The van der Waals surface area contributed by atoms with Crippen LogP contribution in [-0.2, 0) is 11.8 Å². The maximum atomic E-state index is 12.6. The number of aromatic amines is 1. The second kappa shape index (κ2) is 4.72. The molecule has 0 radical (unpaired) electrons. The van der Waals surface area contributed by atoms with E-state index in [4.69, 9.17) is 0 Å². The summed E-state index contributed by atoms with van der Waals surface area (Å²) in [6.45, 7) is 0.678. The van der Waals surface area contributed by atoms with Gasteiger partial charge in [0.05, 0.1) is 24.0 Å². The minimum Gasteiger partial charge on any atom is -0.357 e. The summed E-state index contributed by atoms with van der Waals surface area (Å²) in [5, 5.41) is 4.14. The maximum absolute atomic E-state index is 12.6. The Morgan fingerprint density at radius 3 is 2.95 bits per heavy atom. The van der Waals surface area contributed by atoms with Crippen LogP contribution >= 0.6 is 0 Å². The molecule has 7 nitrogen and oxygen atoms in total. The molecule has 0 aliphatic carbocycles. The van der Waals surface area contributed by atoms with Crippen molar-refractivity contribution < 1.29 is 9.59 Å². The van der Waals surface area contributed by atoms with Crippen LogP contribution in [0.1, 0.15) is 23.3 Å². The number of nitrogens with one attached hydrogen (secondary N) is 1. The number of anilines is 1. The lowest BCUT2D eigenvalue weighted by Crippen LogP contribution is -2.40. The summed E-state index contributed by atoms with van der Waals surface area (Å²) in [7, 11) is 1.83. The van der Waals surface area contributed by atoms with Gasteiger partial charge in [0.2, 0.25) is 5.91 Å². The Morgan fingerprint density at radius 2 is 2.27 bits per heavy atom. The highest BCUT2D eigenvalue weighted by Crippen LogP contribution is 2.36. The molecule has 2 fully saturated rings. The van der Waals surface area contributed by atoms with Crippen molar-refractivity contribution >= 4 is 17.5 Å². The molecule has 0 unspecified atom stereocenters. The number of rotatable bonds is 2. The predicted octanol–water partition coefficient (Wildman–Crippen LogP) is 0.768. The van der Waals surface area contributed by atoms with Crippen molar-refractivity contribution in [2.75, 3.05) is 11.4 Å². The fourth-order valence-electron chi connectivity index (χ4n) is 3.59. The van der Waals surface area contributed by atoms with Crippen molar-refractivity contribution in [3.05, 3.63) is 36.4 Å². The predicted molar refractivity (Wildman–Crippen MR) is 79.3 cm³/mol. The molecular weight excluding hydrogens is 282 g/mol. The minimum absolute atomic E-state index is 0.0293. The highest BCUT2D eigenvalue weighted by Gasteiger charge is 2.49. The fraction of sp³-hybridized carbons (Fsp3) is 0.400. The molecule has 7 heteroatoms. The summed E-state index contributed by atoms with van der Waals surface area (Å²) >= 11 is 0. The first-order valence-corrected chi connectivity index (χ1v) is 7.40. The molecule has 4 rings (SSSR count). The molecule has 4 heterocycles. The molecule has 0 aromatic carbocycles. The zero-order valence-electron chi connectivity index (χ0n) is 12.3. The van der Waals surface area contributed by atoms with E-state index in [1.807, 2.05) is 24.2 Å². The summed E-state index contributed by atoms with van der Waals surface area (Å²) < 4.78 is 1.69. The Hall–Kier alpha value is -2.57. The number of hydrogen-bond acceptors (Lipinski definition) is 3. The molecule has 2 aliphatic heterocycles. The molecular formula is C15H17N5O2. The van der Waals surface area contributed by atoms with Gasteiger partial charge in [-0.3, -0.25) is 14.3 Å². The van der Waals surface area contributed by atoms with E-state index in [0.717, 1.165) is 12.1 Å². The standard InChI is InChI=1S/C15H17N5O2/c1-18-9-10(8-17-18)20-12-4-6-19(13(12)7-14(20)21)15(22)11-3-2-5-16-11/h2-3,5,8-9,12-13,16H,4,6-7H2,1H3/t12-,13-/m0/s1. The highest BCUT2D eigenvalue weighted by molar-refractivity contribution is 5.99. The van der Waals surface area contributed by atoms with Crippen molar-refractivity contribution in [1.82, 2.24) is 19.7 Å². The summed E-state index contributed by atoms with van der Waals surface area (Å²) in [6.07, 6.45) is 6.47. The number of fused-ring (bicyclic) bond motifs is 1. The lowest BCUT2D eigenvalue weighted by atomic mass is 10.1. The normalized spacial score (nSPS) is 24.1. The van der Waals surface area contributed by atoms with E-state index in [-0.39, 0.29) is 23.9 Å². The third kappa shape index (κ3) is 1.85. The van der Waals surface area contributed by atoms with E-state index < -0.39 is 0 Å². The van der Waals surface area contributed by atoms with Crippen molar-refractivity contribution in [3.8, 4) is 0 Å². The Balaban J connectivity index is 1.60. The first-order chi connectivity index (χ1) is 10.6. The molecule has 2 saturated heterocycles. The van der Waals surface area contributed by atoms with Crippen molar-refractivity contribution in [3.63, 3.8) is 0 Å². The quantitative estimate of drug-likeness (QED) is 0.890. The van der Waals surface area contributed by atoms with Crippen LogP contribution in [-0.4, -0.2) is 50.1 Å². The number of hydrogen-bond donors (Lipinski definition) is 1. The van der Waals surface area contributed by atoms with E-state index in [0.29, 0.717) is 18.7 Å². The average Bonchev–Trinajstić information content (AvgIpc) is 3.22. The van der Waals surface area contributed by atoms with E-state index in [9.17, 15) is 9.59 Å². The molecule has 0 bridgehead atoms. The number of likely N-dealkylation sites (tertiary alicyclic amines) is 1. The fourth-order valence-corrected chi connectivity index (χ4v) is 3.59. The lowest BCUT2D eigenvalue weighted by molar-refractivity contribution is -0.117. The minimum atomic E-state index is -0.0523. The zero-order chi connectivity index (χ0) is 15.3. The van der Waals surface area contributed by atoms with Crippen LogP contribution in [0.4, 0.5) is 5.69 Å². The van der Waals surface area contributed by atoms with Crippen LogP contribution in [0.15, 0.2) is 30.7 Å². The summed E-state index contributed by atoms with van der Waals surface area (Å²) in [6, 6.07) is 3.58. The summed E-state index contributed by atoms with van der Waals surface area (Å²) in [5.41, 5.74) is 1.39. The first-order valence-electron chi connectivity index (χ1n) is 7.40. The summed E-state index contributed by atoms with van der Waals surface area (Å²) in [4.78, 5) is 31.5. The number of H-pyrrole nitrogens is 1. The molecule has 0 spiro atoms. The van der Waals surface area contributed by atoms with Gasteiger partial charge in [0.1, 0.15) is 5.69 Å². The molecule has 114 valence electrons. The third-order valence-electron chi connectivity index (χ3n) is 4.55. The lowest BCUT2D eigenvalue weighted by Gasteiger charge is -2.24. The van der Waals surface area contributed by atoms with Crippen molar-refractivity contribution in [1.29, 1.82) is 0 Å². The molecule has 0 saturated carbocycles. The van der Waals surface area contributed by atoms with E-state index in [2.05, 4.69) is 10.1 Å². The number of carbonyl (C=O) groups is 2. The van der Waals surface area contributed by atoms with Gasteiger partial charge in [0, 0.05) is 32.4 Å². The largest absolute Gasteiger partial charge is 0.357 e. The Morgan fingerprint density at radius 1 is 1.41 bits per heavy atom. The topological polar surface area (TPSA) is 74.2 Å². The first kappa shape index (κ1) is 13.1. The average molecular weight is 299 g/mol. The number of aromatic nitrogens is 3. The third-order valence-corrected chi connectivity index (χ3v) is 4.55. The van der Waals surface area contributed by atoms with Crippen LogP contribution in [0.25, 0.3) is 0 Å². The van der Waals surface area contributed by atoms with Gasteiger partial charge in [0.25, 0.3) is 5.91 Å². The molecule has 1 N–H and O–H groups in total. The van der Waals surface area contributed by atoms with Crippen molar-refractivity contribution in [2.24, 2.45) is 7.05 Å². The van der Waals surface area contributed by atoms with Crippen molar-refractivity contribution in [2.45, 2.75) is 24.9 Å². The number of carbonyl (C=O) groups excluding carboxylic acids is 2. The second-order valence-electron chi connectivity index (χ2n) is 5.85. The zero-order valence-corrected chi connectivity index (χ0v) is 12.3. The molecule has 2 amide bonds. The Bertz CT molecular complexity index is 720. The van der Waals surface area contributed by atoms with Gasteiger partial charge in [-0.25, -0.2) is 0 Å². The second-order valence-corrected chi connectivity index (χ2v) is 5.85. The van der Waals surface area contributed by atoms with Gasteiger partial charge in [0.15, 0.2) is 0 Å². The van der Waals surface area contributed by atoms with Gasteiger partial charge >= 0.3 is 0 Å². The van der Waals surface area contributed by atoms with E-state index in [1.165, 1.54) is 0 Å². The maximum Gasteiger partial charge on any atom is 0.270 e. The summed E-state index contributed by atoms with van der Waals surface area (Å²) in [5.74, 6) is 0.0327. The van der Waals surface area contributed by atoms with Gasteiger partial charge < -0.3 is 14.8 Å². The number of nitrogens with zero attached hydrogens (tertiary/aromatic N) is 4. The smallest absolute Gasteiger partial charge is 0.270 e. The van der Waals surface area contributed by atoms with Crippen LogP contribution < -0.4 is 4.90 Å². The molecule has 2 aromatic rings. The van der Waals surface area contributed by atoms with E-state index in [1.54, 1.807) is 28.0 Å². The molecule has 2 aromatic heterocycles. The van der Waals surface area contributed by atoms with Gasteiger partial charge in [-0.1, -0.05) is 0 Å². The van der Waals surface area contributed by atoms with Crippen LogP contribution in [0.3, 0.4) is 0 Å². The SMILES string of the molecule is Cn1cc(N2C(=O)C[C@H]3[C@@H]2CCN3C(=O)c2ccc[nH]2)cn1. The molecule has 2 atom stereocenters. The van der Waals surface area contributed by atoms with Gasteiger partial charge in [-0.15, -0.1) is 0 Å². The highest BCUT2D eigenvalue weighted by atomic mass is 16.2. The van der Waals surface area contributed by atoms with Crippen LogP contribution in [0, 0.1) is 0 Å². The number of amides is 2. The number of aryl methyl sites for hydroxylation is 1.